The van der Waals surface area contributed by atoms with Crippen molar-refractivity contribution in [1.82, 2.24) is 4.90 Å². The van der Waals surface area contributed by atoms with Crippen molar-refractivity contribution < 1.29 is 4.39 Å². The van der Waals surface area contributed by atoms with E-state index in [1.165, 1.54) is 38.5 Å². The zero-order valence-electron chi connectivity index (χ0n) is 12.2. The molecular weight excluding hydrogens is 251 g/mol. The molecule has 1 spiro atoms. The minimum atomic E-state index is -0.173. The molecule has 2 aliphatic rings. The summed E-state index contributed by atoms with van der Waals surface area (Å²) in [5.41, 5.74) is 7.77. The Morgan fingerprint density at radius 1 is 1.05 bits per heavy atom. The molecule has 1 aromatic rings. The van der Waals surface area contributed by atoms with Gasteiger partial charge in [0.1, 0.15) is 5.82 Å². The van der Waals surface area contributed by atoms with Crippen LogP contribution in [0, 0.1) is 11.2 Å². The van der Waals surface area contributed by atoms with Crippen molar-refractivity contribution in [3.05, 3.63) is 35.6 Å². The monoisotopic (exact) mass is 276 g/mol. The third-order valence-corrected chi connectivity index (χ3v) is 5.44. The number of benzene rings is 1. The Morgan fingerprint density at radius 3 is 2.20 bits per heavy atom. The molecule has 2 fully saturated rings. The largest absolute Gasteiger partial charge is 0.329 e. The lowest BCUT2D eigenvalue weighted by atomic mass is 9.76. The van der Waals surface area contributed by atoms with Crippen molar-refractivity contribution in [1.29, 1.82) is 0 Å². The first-order valence-electron chi connectivity index (χ1n) is 7.92. The van der Waals surface area contributed by atoms with Crippen molar-refractivity contribution in [2.75, 3.05) is 19.6 Å². The molecule has 20 heavy (non-hydrogen) atoms. The molecule has 3 rings (SSSR count). The molecule has 1 aliphatic carbocycles. The fourth-order valence-electron chi connectivity index (χ4n) is 4.12. The lowest BCUT2D eigenvalue weighted by Gasteiger charge is -2.42. The Bertz CT molecular complexity index is 427. The molecule has 1 saturated carbocycles. The van der Waals surface area contributed by atoms with Gasteiger partial charge in [0.25, 0.3) is 0 Å². The Balaban J connectivity index is 1.67. The zero-order valence-corrected chi connectivity index (χ0v) is 12.2. The van der Waals surface area contributed by atoms with Crippen LogP contribution in [0.5, 0.6) is 0 Å². The molecule has 0 radical (unpaired) electrons. The second-order valence-corrected chi connectivity index (χ2v) is 6.55. The van der Waals surface area contributed by atoms with Crippen LogP contribution in [0.4, 0.5) is 4.39 Å². The van der Waals surface area contributed by atoms with Crippen LogP contribution in [0.3, 0.4) is 0 Å². The molecule has 110 valence electrons. The Morgan fingerprint density at radius 2 is 1.65 bits per heavy atom. The van der Waals surface area contributed by atoms with Crippen LogP contribution >= 0.6 is 0 Å². The summed E-state index contributed by atoms with van der Waals surface area (Å²) in [6.45, 7) is 2.89. The highest BCUT2D eigenvalue weighted by molar-refractivity contribution is 5.20. The van der Waals surface area contributed by atoms with E-state index < -0.39 is 0 Å². The first-order chi connectivity index (χ1) is 9.72. The van der Waals surface area contributed by atoms with Crippen molar-refractivity contribution in [3.8, 4) is 0 Å². The number of nitrogens with zero attached hydrogens (tertiary/aromatic N) is 1. The molecule has 0 bridgehead atoms. The molecule has 1 aromatic carbocycles. The lowest BCUT2D eigenvalue weighted by molar-refractivity contribution is 0.0780. The predicted molar refractivity (Wildman–Crippen MR) is 79.9 cm³/mol. The fourth-order valence-corrected chi connectivity index (χ4v) is 4.12. The molecule has 1 heterocycles. The fraction of sp³-hybridized carbons (Fsp3) is 0.647. The minimum Gasteiger partial charge on any atom is -0.329 e. The summed E-state index contributed by atoms with van der Waals surface area (Å²) in [6, 6.07) is 7.09. The highest BCUT2D eigenvalue weighted by Crippen LogP contribution is 2.47. The summed E-state index contributed by atoms with van der Waals surface area (Å²) < 4.78 is 13.1. The molecule has 3 heteroatoms. The van der Waals surface area contributed by atoms with Crippen molar-refractivity contribution >= 4 is 0 Å². The van der Waals surface area contributed by atoms with Gasteiger partial charge in [-0.3, -0.25) is 4.90 Å². The van der Waals surface area contributed by atoms with Crippen LogP contribution in [-0.4, -0.2) is 24.5 Å². The van der Waals surface area contributed by atoms with Gasteiger partial charge in [0.15, 0.2) is 0 Å². The Kier molecular flexibility index (Phi) is 4.08. The quantitative estimate of drug-likeness (QED) is 0.915. The van der Waals surface area contributed by atoms with Crippen molar-refractivity contribution in [2.24, 2.45) is 11.1 Å². The number of hydrogen-bond acceptors (Lipinski definition) is 2. The van der Waals surface area contributed by atoms with E-state index in [1.54, 1.807) is 12.1 Å². The minimum absolute atomic E-state index is 0.173. The van der Waals surface area contributed by atoms with Gasteiger partial charge in [-0.2, -0.15) is 0 Å². The van der Waals surface area contributed by atoms with E-state index in [2.05, 4.69) is 4.90 Å². The highest BCUT2D eigenvalue weighted by Gasteiger charge is 2.38. The smallest absolute Gasteiger partial charge is 0.123 e. The number of hydrogen-bond donors (Lipinski definition) is 1. The first kappa shape index (κ1) is 14.0. The van der Waals surface area contributed by atoms with Crippen LogP contribution in [0.2, 0.25) is 0 Å². The van der Waals surface area contributed by atoms with Crippen LogP contribution in [0.25, 0.3) is 0 Å². The van der Waals surface area contributed by atoms with Gasteiger partial charge in [-0.25, -0.2) is 4.39 Å². The second-order valence-electron chi connectivity index (χ2n) is 6.55. The summed E-state index contributed by atoms with van der Waals surface area (Å²) in [6.07, 6.45) is 8.29. The summed E-state index contributed by atoms with van der Waals surface area (Å²) >= 11 is 0. The van der Waals surface area contributed by atoms with Gasteiger partial charge in [-0.1, -0.05) is 25.0 Å². The summed E-state index contributed by atoms with van der Waals surface area (Å²) in [5, 5.41) is 0. The number of rotatable bonds is 3. The van der Waals surface area contributed by atoms with Crippen LogP contribution in [-0.2, 0) is 0 Å². The maximum atomic E-state index is 13.1. The SMILES string of the molecule is NCC(c1ccc(F)cc1)N1CCC2(CCCC2)CC1. The molecule has 2 N–H and O–H groups in total. The third-order valence-electron chi connectivity index (χ3n) is 5.44. The van der Waals surface area contributed by atoms with Gasteiger partial charge in [0.2, 0.25) is 0 Å². The number of halogens is 1. The average molecular weight is 276 g/mol. The number of nitrogens with two attached hydrogens (primary N) is 1. The molecule has 1 aliphatic heterocycles. The third kappa shape index (κ3) is 2.75. The Hall–Kier alpha value is -0.930. The molecule has 1 atom stereocenters. The normalized spacial score (nSPS) is 24.1. The van der Waals surface area contributed by atoms with E-state index >= 15 is 0 Å². The van der Waals surface area contributed by atoms with Crippen LogP contribution < -0.4 is 5.73 Å². The molecule has 0 aromatic heterocycles. The molecule has 1 saturated heterocycles. The van der Waals surface area contributed by atoms with Gasteiger partial charge in [0.05, 0.1) is 0 Å². The van der Waals surface area contributed by atoms with Crippen molar-refractivity contribution in [3.63, 3.8) is 0 Å². The Labute approximate surface area is 121 Å². The van der Waals surface area contributed by atoms with Gasteiger partial charge in [-0.05, 0) is 61.9 Å². The first-order valence-corrected chi connectivity index (χ1v) is 7.92. The maximum Gasteiger partial charge on any atom is 0.123 e. The van der Waals surface area contributed by atoms with E-state index in [1.807, 2.05) is 12.1 Å². The maximum absolute atomic E-state index is 13.1. The molecule has 2 nitrogen and oxygen atoms in total. The highest BCUT2D eigenvalue weighted by atomic mass is 19.1. The van der Waals surface area contributed by atoms with E-state index in [9.17, 15) is 4.39 Å². The number of likely N-dealkylation sites (tertiary alicyclic amines) is 1. The van der Waals surface area contributed by atoms with Gasteiger partial charge in [0, 0.05) is 12.6 Å². The lowest BCUT2D eigenvalue weighted by Crippen LogP contribution is -2.43. The summed E-state index contributed by atoms with van der Waals surface area (Å²) in [5.74, 6) is -0.173. The van der Waals surface area contributed by atoms with E-state index in [4.69, 9.17) is 5.73 Å². The predicted octanol–water partition coefficient (Wildman–Crippen LogP) is 3.48. The van der Waals surface area contributed by atoms with Crippen molar-refractivity contribution in [2.45, 2.75) is 44.6 Å². The topological polar surface area (TPSA) is 29.3 Å². The number of piperidine rings is 1. The van der Waals surface area contributed by atoms with E-state index in [0.717, 1.165) is 18.7 Å². The van der Waals surface area contributed by atoms with Crippen LogP contribution in [0.1, 0.15) is 50.1 Å². The van der Waals surface area contributed by atoms with Crippen LogP contribution in [0.15, 0.2) is 24.3 Å². The van der Waals surface area contributed by atoms with E-state index in [-0.39, 0.29) is 11.9 Å². The molecule has 1 unspecified atom stereocenters. The average Bonchev–Trinajstić information content (AvgIpc) is 2.92. The zero-order chi connectivity index (χ0) is 14.0. The van der Waals surface area contributed by atoms with Gasteiger partial charge >= 0.3 is 0 Å². The molecule has 0 amide bonds. The summed E-state index contributed by atoms with van der Waals surface area (Å²) in [7, 11) is 0. The van der Waals surface area contributed by atoms with Gasteiger partial charge in [-0.15, -0.1) is 0 Å². The molecular formula is C17H25FN2. The summed E-state index contributed by atoms with van der Waals surface area (Å²) in [4.78, 5) is 2.50. The standard InChI is InChI=1S/C17H25FN2/c18-15-5-3-14(4-6-15)16(13-19)20-11-9-17(10-12-20)7-1-2-8-17/h3-6,16H,1-2,7-13,19H2. The second kappa shape index (κ2) is 5.82. The van der Waals surface area contributed by atoms with E-state index in [0.29, 0.717) is 12.0 Å². The van der Waals surface area contributed by atoms with Gasteiger partial charge < -0.3 is 5.73 Å².